The number of unbranched alkanes of at least 4 members (excludes halogenated alkanes) is 2. The summed E-state index contributed by atoms with van der Waals surface area (Å²) in [5, 5.41) is 68.9. The van der Waals surface area contributed by atoms with Crippen LogP contribution in [0.2, 0.25) is 0 Å². The van der Waals surface area contributed by atoms with Gasteiger partial charge < -0.3 is 109 Å². The Morgan fingerprint density at radius 1 is 0.779 bits per heavy atom. The molecule has 7 amide bonds. The monoisotopic (exact) mass is 2120 g/mol. The van der Waals surface area contributed by atoms with Gasteiger partial charge in [0.05, 0.1) is 84.6 Å². The topological polar surface area (TPSA) is 506 Å². The zero-order valence-corrected chi connectivity index (χ0v) is 85.8. The number of halogens is 1. The summed E-state index contributed by atoms with van der Waals surface area (Å²) in [6.45, 7) is 18.0. The number of carbonyl (C=O) groups excluding carboxylic acids is 12. The number of hydrogen-bond donors (Lipinski definition) is 11. The molecule has 5 heterocycles. The molecule has 3 aromatic rings. The molecule has 12 N–H and O–H groups in total. The minimum absolute atomic E-state index is 0.0120. The fourth-order valence-electron chi connectivity index (χ4n) is 17.7. The molecule has 10 rings (SSSR count). The van der Waals surface area contributed by atoms with Gasteiger partial charge in [0.15, 0.2) is 36.0 Å². The number of ether oxygens (including phenoxy) is 11. The number of carbonyl (C=O) groups is 12. The molecule has 0 aromatic heterocycles. The number of aliphatic hydroxyl groups is 5. The first-order chi connectivity index (χ1) is 66.6. The van der Waals surface area contributed by atoms with E-state index in [9.17, 15) is 83.1 Å². The van der Waals surface area contributed by atoms with Crippen molar-refractivity contribution in [1.82, 2.24) is 26.3 Å². The third kappa shape index (κ3) is 31.6. The summed E-state index contributed by atoms with van der Waals surface area (Å²) in [6, 6.07) is 12.8. The Balaban J connectivity index is 0.728. The van der Waals surface area contributed by atoms with Crippen molar-refractivity contribution in [3.63, 3.8) is 0 Å². The number of nitrogens with two attached hydrogens (primary N) is 1. The number of hydroxylamine groups is 1. The molecule has 766 valence electrons. The second kappa shape index (κ2) is 53.7. The van der Waals surface area contributed by atoms with E-state index >= 15 is 0 Å². The van der Waals surface area contributed by atoms with Gasteiger partial charge in [0.2, 0.25) is 35.0 Å². The summed E-state index contributed by atoms with van der Waals surface area (Å²) in [7, 11) is 6.76. The molecule has 7 aliphatic rings. The number of Topliss-reactive ketones (excluding diaryl/α,β-unsaturated/α-hetero) is 4. The number of primary amides is 1. The van der Waals surface area contributed by atoms with Crippen LogP contribution in [-0.2, 0) is 104 Å². The first-order valence-electron chi connectivity index (χ1n) is 47.2. The van der Waals surface area contributed by atoms with Crippen LogP contribution in [0.5, 0.6) is 11.5 Å². The molecule has 40 heteroatoms. The van der Waals surface area contributed by atoms with E-state index < -0.39 is 168 Å². The Bertz CT molecular complexity index is 5110. The molecule has 36 nitrogen and oxygen atoms in total. The van der Waals surface area contributed by atoms with Crippen molar-refractivity contribution in [1.29, 1.82) is 0 Å². The minimum Gasteiger partial charge on any atom is -0.496 e. The number of nitrogens with zero attached hydrogens (tertiary/aromatic N) is 1. The van der Waals surface area contributed by atoms with Gasteiger partial charge in [0, 0.05) is 128 Å². The largest absolute Gasteiger partial charge is 0.496 e. The summed E-state index contributed by atoms with van der Waals surface area (Å²) < 4.78 is 66.9. The Kier molecular flexibility index (Phi) is 43.4. The van der Waals surface area contributed by atoms with Crippen LogP contribution in [0.3, 0.4) is 0 Å². The Labute approximate surface area is 841 Å². The van der Waals surface area contributed by atoms with E-state index in [2.05, 4.69) is 50.4 Å². The van der Waals surface area contributed by atoms with Crippen LogP contribution >= 0.6 is 55.9 Å². The molecular weight excluding hydrogens is 1990 g/mol. The number of urea groups is 1. The average molecular weight is 2120 g/mol. The number of imide groups is 1. The lowest BCUT2D eigenvalue weighted by molar-refractivity contribution is -0.335. The van der Waals surface area contributed by atoms with Crippen LogP contribution in [0, 0.1) is 64.8 Å². The number of rotatable bonds is 48. The Morgan fingerprint density at radius 2 is 1.50 bits per heavy atom. The summed E-state index contributed by atoms with van der Waals surface area (Å²) in [6.07, 6.45) is -10.8. The van der Waals surface area contributed by atoms with Gasteiger partial charge in [0.1, 0.15) is 66.3 Å². The van der Waals surface area contributed by atoms with E-state index in [1.165, 1.54) is 59.8 Å². The molecule has 22 atom stereocenters. The maximum Gasteiger partial charge on any atom is 0.407 e. The normalized spacial score (nSPS) is 27.7. The number of nitrogens with one attached hydrogen (secondary N) is 5. The number of aliphatic hydroxyl groups excluding tert-OH is 4. The highest BCUT2D eigenvalue weighted by Crippen LogP contribution is 2.47. The van der Waals surface area contributed by atoms with Crippen LogP contribution < -0.4 is 42.0 Å². The molecule has 5 aliphatic heterocycles. The number of allylic oxidation sites excluding steroid dienone is 2. The van der Waals surface area contributed by atoms with Gasteiger partial charge in [-0.3, -0.25) is 52.9 Å². The van der Waals surface area contributed by atoms with Crippen LogP contribution in [0.15, 0.2) is 89.5 Å². The summed E-state index contributed by atoms with van der Waals surface area (Å²) in [5.41, 5.74) is 8.85. The van der Waals surface area contributed by atoms with E-state index in [1.807, 2.05) is 73.7 Å². The number of anilines is 1. The van der Waals surface area contributed by atoms with Gasteiger partial charge in [-0.1, -0.05) is 126 Å². The fraction of sp³-hybridized carbons (Fsp3) is 0.600. The standard InChI is InChI=1S/C100H132IN7O29S3/c1-54-45-78(129-53-65(54)46-56(3)109)135-90-85(118)83(107-137-79-50-72(112)91(61(8)131-79)139-94(122)80-57(4)82(101)88(58(5)87(80)127-12)136-95-86(119)89(128-13)84(117)60(7)133-95)59(6)132-96(90)134-74-30-20-14-15-22-38-100(125)51-73(113)68(49-77(116)126-11)81(74)69(100)37-43-138-140-99(9,10)39-36-67(110)29-25-41-104-98(124)130-52-63-32-34-66(35-33-63)105-92(120)64(28-24-40-103-97(102)123)48-71(111)70(47-62-26-18-16-19-27-62)106-75(114)31-21-17-23-42-108-76(115)44-55(2)93(108)121/h14-16,18-19,26-27,32-35,37,54-55,59-61,64-65,70,72,74,78-79,83-86,89-91,95-96,107,112,117-119,125H,17,21,23-25,28-29,31,36,39-53H2,1-13H3,(H,104,124)(H,105,120)(H,106,114)(H3,102,103,123)/b15-14-,69-37-/t54?,55?,59?,60?,61?,64-,65?,70+,72?,74+,78?,79?,83?,84?,85?,86?,89?,90?,91?,95?,96?,100+/m1/s1. The number of esters is 1. The second-order valence-electron chi connectivity index (χ2n) is 37.0. The summed E-state index contributed by atoms with van der Waals surface area (Å²) in [5.74, 6) is 7.61. The van der Waals surface area contributed by atoms with Crippen LogP contribution in [0.1, 0.15) is 197 Å². The quantitative estimate of drug-likeness (QED) is 0.00477. The first-order valence-corrected chi connectivity index (χ1v) is 51.5. The molecule has 2 bridgehead atoms. The van der Waals surface area contributed by atoms with Gasteiger partial charge in [-0.15, -0.1) is 0 Å². The van der Waals surface area contributed by atoms with Crippen LogP contribution in [0.4, 0.5) is 15.3 Å². The number of benzene rings is 3. The van der Waals surface area contributed by atoms with E-state index in [1.54, 1.807) is 71.9 Å². The minimum atomic E-state index is -2.19. The highest BCUT2D eigenvalue weighted by molar-refractivity contribution is 14.1. The molecule has 5 fully saturated rings. The molecule has 5 saturated heterocycles. The number of thioether (sulfide) groups is 1. The molecule has 0 spiro atoms. The first kappa shape index (κ1) is 113. The smallest absolute Gasteiger partial charge is 0.407 e. The van der Waals surface area contributed by atoms with Crippen molar-refractivity contribution in [2.24, 2.45) is 29.4 Å². The molecule has 0 saturated carbocycles. The van der Waals surface area contributed by atoms with E-state index in [0.717, 1.165) is 24.4 Å². The molecular formula is C100H132IN7O29S3. The third-order valence-electron chi connectivity index (χ3n) is 25.7. The predicted molar refractivity (Wildman–Crippen MR) is 527 cm³/mol. The van der Waals surface area contributed by atoms with Crippen molar-refractivity contribution < 1.29 is 140 Å². The van der Waals surface area contributed by atoms with Gasteiger partial charge >= 0.3 is 18.1 Å². The Hall–Kier alpha value is -8.74. The van der Waals surface area contributed by atoms with Gasteiger partial charge in [-0.25, -0.2) is 9.59 Å². The zero-order chi connectivity index (χ0) is 102. The average Bonchev–Trinajstić information content (AvgIpc) is 0.772. The fourth-order valence-corrected chi connectivity index (χ4v) is 22.0. The molecule has 2 aliphatic carbocycles. The van der Waals surface area contributed by atoms with Crippen molar-refractivity contribution >= 4 is 132 Å². The SMILES string of the molecule is COC(=O)CC1=C2/C(=C/CSSC(C)(C)CCC(=O)CCCNC(=O)OCc3ccc(NC(=O)[C@H](CCCNC(N)=O)CC(=O)[C@H](Cc4ccccc4)NC(=O)CCCCCN4C(=O)CC(C)C4=O)cc3)[C@](O)(C#C/C=C\C#C[C@@H]2OC2OC(C)C(NOC3CC(O)C(SC(=O)c4c(C)c(I)c(OC5OC(C)C(O)C(OC)C5O)c(C)c4OC)C(C)O3)C(O)C2OC2CC(C)C(CC(C)=O)CO2)CC1=O. The summed E-state index contributed by atoms with van der Waals surface area (Å²) in [4.78, 5) is 167. The van der Waals surface area contributed by atoms with Crippen LogP contribution in [0.25, 0.3) is 0 Å². The number of ketones is 4. The number of hydrogen-bond acceptors (Lipinski definition) is 33. The second-order valence-corrected chi connectivity index (χ2v) is 42.2. The summed E-state index contributed by atoms with van der Waals surface area (Å²) >= 11 is 2.88. The van der Waals surface area contributed by atoms with E-state index in [-0.39, 0.29) is 189 Å². The lowest BCUT2D eigenvalue weighted by atomic mass is 9.72. The Morgan fingerprint density at radius 3 is 2.18 bits per heavy atom. The van der Waals surface area contributed by atoms with E-state index in [4.69, 9.17) is 62.7 Å². The van der Waals surface area contributed by atoms with Crippen molar-refractivity contribution in [2.75, 3.05) is 58.6 Å². The van der Waals surface area contributed by atoms with Gasteiger partial charge in [-0.05, 0) is 176 Å². The van der Waals surface area contributed by atoms with E-state index in [0.29, 0.717) is 64.5 Å². The van der Waals surface area contributed by atoms with Gasteiger partial charge in [-0.2, -0.15) is 5.48 Å². The maximum atomic E-state index is 14.6. The van der Waals surface area contributed by atoms with Crippen molar-refractivity contribution in [2.45, 2.75) is 305 Å². The maximum absolute atomic E-state index is 14.6. The van der Waals surface area contributed by atoms with Crippen LogP contribution in [-0.4, -0.2) is 268 Å². The number of fused-ring (bicyclic) bond motifs is 2. The van der Waals surface area contributed by atoms with Crippen molar-refractivity contribution in [3.05, 3.63) is 121 Å². The number of methoxy groups -OCH3 is 3. The lowest BCUT2D eigenvalue weighted by Crippen LogP contribution is -2.64. The highest BCUT2D eigenvalue weighted by Gasteiger charge is 2.53. The number of amides is 7. The molecule has 18 unspecified atom stereocenters. The van der Waals surface area contributed by atoms with Crippen molar-refractivity contribution in [3.8, 4) is 35.2 Å². The third-order valence-corrected chi connectivity index (χ3v) is 31.5. The predicted octanol–water partition coefficient (Wildman–Crippen LogP) is 9.19. The highest BCUT2D eigenvalue weighted by atomic mass is 127. The van der Waals surface area contributed by atoms with Gasteiger partial charge in [0.25, 0.3) is 0 Å². The lowest BCUT2D eigenvalue weighted by Gasteiger charge is -2.46. The number of likely N-dealkylation sites (tertiary alicyclic amines) is 1. The molecule has 140 heavy (non-hydrogen) atoms. The zero-order valence-electron chi connectivity index (χ0n) is 81.2. The number of alkyl carbamates (subject to hydrolysis) is 1. The molecule has 0 radical (unpaired) electrons. The molecule has 3 aromatic carbocycles.